The number of hydrogen-bond acceptors (Lipinski definition) is 3. The van der Waals surface area contributed by atoms with Crippen molar-refractivity contribution in [3.8, 4) is 0 Å². The maximum absolute atomic E-state index is 13.2. The van der Waals surface area contributed by atoms with E-state index >= 15 is 0 Å². The lowest BCUT2D eigenvalue weighted by atomic mass is 10.1. The van der Waals surface area contributed by atoms with E-state index in [1.54, 1.807) is 25.1 Å². The second kappa shape index (κ2) is 6.23. The monoisotopic (exact) mass is 225 g/mol. The predicted octanol–water partition coefficient (Wildman–Crippen LogP) is 1.72. The van der Waals surface area contributed by atoms with Gasteiger partial charge in [0.25, 0.3) is 0 Å². The lowest BCUT2D eigenvalue weighted by molar-refractivity contribution is -0.144. The predicted molar refractivity (Wildman–Crippen MR) is 59.3 cm³/mol. The molecule has 1 atom stereocenters. The Bertz CT molecular complexity index is 355. The molecule has 0 aliphatic rings. The number of hydrogen-bond donors (Lipinski definition) is 1. The van der Waals surface area contributed by atoms with E-state index < -0.39 is 0 Å². The molecule has 4 heteroatoms. The Morgan fingerprint density at radius 1 is 1.50 bits per heavy atom. The molecule has 0 saturated carbocycles. The Morgan fingerprint density at radius 2 is 2.19 bits per heavy atom. The lowest BCUT2D eigenvalue weighted by Crippen LogP contribution is -2.27. The molecule has 0 aliphatic heterocycles. The van der Waals surface area contributed by atoms with E-state index in [1.165, 1.54) is 13.2 Å². The number of esters is 1. The van der Waals surface area contributed by atoms with E-state index in [4.69, 9.17) is 0 Å². The van der Waals surface area contributed by atoms with Crippen molar-refractivity contribution < 1.29 is 13.9 Å². The average Bonchev–Trinajstić information content (AvgIpc) is 2.30. The molecule has 88 valence electrons. The zero-order chi connectivity index (χ0) is 12.0. The number of methoxy groups -OCH3 is 1. The Kier molecular flexibility index (Phi) is 4.92. The fraction of sp³-hybridized carbons (Fsp3) is 0.417. The molecule has 0 amide bonds. The molecular weight excluding hydrogens is 209 g/mol. The summed E-state index contributed by atoms with van der Waals surface area (Å²) in [7, 11) is 1.36. The van der Waals surface area contributed by atoms with E-state index in [2.05, 4.69) is 10.1 Å². The van der Waals surface area contributed by atoms with Crippen LogP contribution >= 0.6 is 0 Å². The van der Waals surface area contributed by atoms with Crippen LogP contribution in [0.5, 0.6) is 0 Å². The number of rotatable bonds is 5. The molecule has 0 radical (unpaired) electrons. The van der Waals surface area contributed by atoms with E-state index in [0.717, 1.165) is 0 Å². The minimum Gasteiger partial charge on any atom is -0.469 e. The molecule has 0 saturated heterocycles. The fourth-order valence-electron chi connectivity index (χ4n) is 1.35. The number of carbonyl (C=O) groups is 1. The molecule has 1 unspecified atom stereocenters. The van der Waals surface area contributed by atoms with Crippen molar-refractivity contribution in [1.82, 2.24) is 5.32 Å². The number of ether oxygens (including phenoxy) is 1. The fourth-order valence-corrected chi connectivity index (χ4v) is 1.35. The summed E-state index contributed by atoms with van der Waals surface area (Å²) in [4.78, 5) is 11.1. The highest BCUT2D eigenvalue weighted by Crippen LogP contribution is 2.05. The van der Waals surface area contributed by atoms with Crippen LogP contribution in [0.15, 0.2) is 24.3 Å². The molecule has 0 aromatic heterocycles. The average molecular weight is 225 g/mol. The Labute approximate surface area is 94.6 Å². The van der Waals surface area contributed by atoms with Gasteiger partial charge >= 0.3 is 5.97 Å². The molecule has 0 heterocycles. The van der Waals surface area contributed by atoms with Crippen LogP contribution in [0.25, 0.3) is 0 Å². The number of nitrogens with one attached hydrogen (secondary N) is 1. The second-order valence-electron chi connectivity index (χ2n) is 3.65. The third kappa shape index (κ3) is 3.62. The summed E-state index contributed by atoms with van der Waals surface area (Å²) in [5.74, 6) is -0.724. The first-order valence-corrected chi connectivity index (χ1v) is 5.17. The second-order valence-corrected chi connectivity index (χ2v) is 3.65. The Balaban J connectivity index is 2.36. The summed E-state index contributed by atoms with van der Waals surface area (Å²) < 4.78 is 17.8. The van der Waals surface area contributed by atoms with Gasteiger partial charge in [-0.15, -0.1) is 0 Å². The normalized spacial score (nSPS) is 12.2. The van der Waals surface area contributed by atoms with Gasteiger partial charge in [-0.25, -0.2) is 4.39 Å². The molecule has 1 rings (SSSR count). The first kappa shape index (κ1) is 12.6. The van der Waals surface area contributed by atoms with Gasteiger partial charge < -0.3 is 10.1 Å². The quantitative estimate of drug-likeness (QED) is 0.775. The number of carbonyl (C=O) groups excluding carboxylic acids is 1. The van der Waals surface area contributed by atoms with Gasteiger partial charge in [0.05, 0.1) is 13.0 Å². The summed E-state index contributed by atoms with van der Waals surface area (Å²) in [6, 6.07) is 6.56. The maximum atomic E-state index is 13.2. The highest BCUT2D eigenvalue weighted by Gasteiger charge is 2.12. The molecule has 1 aromatic carbocycles. The van der Waals surface area contributed by atoms with E-state index in [0.29, 0.717) is 18.7 Å². The standard InChI is InChI=1S/C12H16FNO2/c1-9(12(15)16-2)7-14-8-10-5-3-4-6-11(10)13/h3-6,9,14H,7-8H2,1-2H3. The minimum atomic E-state index is -0.263. The van der Waals surface area contributed by atoms with Crippen molar-refractivity contribution in [2.75, 3.05) is 13.7 Å². The SMILES string of the molecule is COC(=O)C(C)CNCc1ccccc1F. The molecule has 16 heavy (non-hydrogen) atoms. The van der Waals surface area contributed by atoms with E-state index in [-0.39, 0.29) is 17.7 Å². The number of halogens is 1. The first-order valence-electron chi connectivity index (χ1n) is 5.17. The van der Waals surface area contributed by atoms with Crippen molar-refractivity contribution in [3.05, 3.63) is 35.6 Å². The van der Waals surface area contributed by atoms with E-state index in [1.807, 2.05) is 0 Å². The third-order valence-corrected chi connectivity index (χ3v) is 2.33. The van der Waals surface area contributed by atoms with Crippen molar-refractivity contribution in [2.24, 2.45) is 5.92 Å². The topological polar surface area (TPSA) is 38.3 Å². The zero-order valence-corrected chi connectivity index (χ0v) is 9.50. The summed E-state index contributed by atoms with van der Waals surface area (Å²) >= 11 is 0. The molecule has 0 fully saturated rings. The first-order chi connectivity index (χ1) is 7.65. The van der Waals surface area contributed by atoms with Gasteiger partial charge in [0, 0.05) is 18.7 Å². The highest BCUT2D eigenvalue weighted by atomic mass is 19.1. The zero-order valence-electron chi connectivity index (χ0n) is 9.50. The largest absolute Gasteiger partial charge is 0.469 e. The molecule has 1 N–H and O–H groups in total. The van der Waals surface area contributed by atoms with Crippen molar-refractivity contribution in [3.63, 3.8) is 0 Å². The maximum Gasteiger partial charge on any atom is 0.309 e. The van der Waals surface area contributed by atoms with E-state index in [9.17, 15) is 9.18 Å². The van der Waals surface area contributed by atoms with Gasteiger partial charge in [0.1, 0.15) is 5.82 Å². The molecular formula is C12H16FNO2. The van der Waals surface area contributed by atoms with Crippen LogP contribution < -0.4 is 5.32 Å². The minimum absolute atomic E-state index is 0.225. The number of benzene rings is 1. The smallest absolute Gasteiger partial charge is 0.309 e. The van der Waals surface area contributed by atoms with Gasteiger partial charge in [0.15, 0.2) is 0 Å². The van der Waals surface area contributed by atoms with Gasteiger partial charge in [-0.2, -0.15) is 0 Å². The summed E-state index contributed by atoms with van der Waals surface area (Å²) in [5, 5.41) is 3.02. The Morgan fingerprint density at radius 3 is 2.81 bits per heavy atom. The van der Waals surface area contributed by atoms with Crippen LogP contribution in [0.1, 0.15) is 12.5 Å². The summed E-state index contributed by atoms with van der Waals surface area (Å²) in [5.41, 5.74) is 0.597. The summed E-state index contributed by atoms with van der Waals surface area (Å²) in [6.07, 6.45) is 0. The molecule has 0 aliphatic carbocycles. The van der Waals surface area contributed by atoms with Crippen LogP contribution in [-0.2, 0) is 16.1 Å². The molecule has 1 aromatic rings. The Hall–Kier alpha value is -1.42. The van der Waals surface area contributed by atoms with Gasteiger partial charge in [0.2, 0.25) is 0 Å². The highest BCUT2D eigenvalue weighted by molar-refractivity contribution is 5.71. The van der Waals surface area contributed by atoms with Gasteiger partial charge in [-0.3, -0.25) is 4.79 Å². The molecule has 0 bridgehead atoms. The lowest BCUT2D eigenvalue weighted by Gasteiger charge is -2.10. The van der Waals surface area contributed by atoms with Crippen LogP contribution in [0.3, 0.4) is 0 Å². The van der Waals surface area contributed by atoms with Crippen LogP contribution in [-0.4, -0.2) is 19.6 Å². The third-order valence-electron chi connectivity index (χ3n) is 2.33. The van der Waals surface area contributed by atoms with Gasteiger partial charge in [-0.1, -0.05) is 25.1 Å². The van der Waals surface area contributed by atoms with Gasteiger partial charge in [-0.05, 0) is 6.07 Å². The van der Waals surface area contributed by atoms with Crippen molar-refractivity contribution >= 4 is 5.97 Å². The van der Waals surface area contributed by atoms with Crippen LogP contribution in [0.4, 0.5) is 4.39 Å². The van der Waals surface area contributed by atoms with Crippen LogP contribution in [0.2, 0.25) is 0 Å². The van der Waals surface area contributed by atoms with Crippen molar-refractivity contribution in [1.29, 1.82) is 0 Å². The molecule has 0 spiro atoms. The molecule has 3 nitrogen and oxygen atoms in total. The summed E-state index contributed by atoms with van der Waals surface area (Å²) in [6.45, 7) is 2.65. The van der Waals surface area contributed by atoms with Crippen molar-refractivity contribution in [2.45, 2.75) is 13.5 Å². The van der Waals surface area contributed by atoms with Crippen LogP contribution in [0, 0.1) is 11.7 Å².